The molecule has 6 aromatic carbocycles. The fourth-order valence-corrected chi connectivity index (χ4v) is 6.54. The highest BCUT2D eigenvalue weighted by Crippen LogP contribution is 2.26. The third-order valence-corrected chi connectivity index (χ3v) is 8.92. The van der Waals surface area contributed by atoms with E-state index in [1.807, 2.05) is 133 Å². The van der Waals surface area contributed by atoms with E-state index in [1.54, 1.807) is 6.07 Å². The van der Waals surface area contributed by atoms with E-state index in [4.69, 9.17) is 78.0 Å². The molecule has 1 aromatic heterocycles. The first-order valence-electron chi connectivity index (χ1n) is 17.0. The Hall–Kier alpha value is -5.10. The van der Waals surface area contributed by atoms with Crippen LogP contribution in [0.2, 0.25) is 25.4 Å². The zero-order valence-corrected chi connectivity index (χ0v) is 33.0. The minimum absolute atomic E-state index is 0.202. The monoisotopic (exact) mass is 836 g/mol. The van der Waals surface area contributed by atoms with Crippen LogP contribution < -0.4 is 10.8 Å². The molecule has 0 bridgehead atoms. The molecular formula is C42H30BCl5N6O2. The summed E-state index contributed by atoms with van der Waals surface area (Å²) in [6.45, 7) is 0. The molecule has 0 fully saturated rings. The van der Waals surface area contributed by atoms with Gasteiger partial charge >= 0.3 is 7.12 Å². The molecular weight excluding hydrogens is 809 g/mol. The first kappa shape index (κ1) is 40.6. The lowest BCUT2D eigenvalue weighted by Crippen LogP contribution is -2.36. The lowest BCUT2D eigenvalue weighted by atomic mass is 9.80. The van der Waals surface area contributed by atoms with Crippen molar-refractivity contribution in [2.75, 3.05) is 0 Å². The molecule has 1 atom stereocenters. The van der Waals surface area contributed by atoms with Gasteiger partial charge in [0.05, 0.1) is 0 Å². The van der Waals surface area contributed by atoms with Crippen LogP contribution in [-0.2, 0) is 0 Å². The highest BCUT2D eigenvalue weighted by molar-refractivity contribution is 6.59. The van der Waals surface area contributed by atoms with Crippen LogP contribution in [0.1, 0.15) is 22.9 Å². The van der Waals surface area contributed by atoms with Crippen LogP contribution in [0.15, 0.2) is 168 Å². The predicted molar refractivity (Wildman–Crippen MR) is 230 cm³/mol. The molecule has 1 aliphatic heterocycles. The Labute approximate surface area is 349 Å². The Morgan fingerprint density at radius 2 is 0.839 bits per heavy atom. The smallest absolute Gasteiger partial charge is 0.423 e. The molecule has 0 aliphatic carbocycles. The van der Waals surface area contributed by atoms with Gasteiger partial charge < -0.3 is 15.4 Å². The number of nitrogens with zero attached hydrogens (tertiary/aromatic N) is 5. The van der Waals surface area contributed by atoms with E-state index in [-0.39, 0.29) is 11.4 Å². The summed E-state index contributed by atoms with van der Waals surface area (Å²) in [6, 6.07) is 49.2. The SMILES string of the molecule is Clc1cc(Cl)cc(C2=NC(c3ccccc3)N=C(c3ccccc3)N2)c1.Clc1nc(-c2ccccc2)nc(-c2ccccc2)n1.OB(O)c1cc(Cl)cc(Cl)c1. The first-order valence-corrected chi connectivity index (χ1v) is 18.8. The second kappa shape index (κ2) is 19.7. The number of hydrogen-bond donors (Lipinski definition) is 3. The maximum Gasteiger partial charge on any atom is 0.488 e. The van der Waals surface area contributed by atoms with Crippen LogP contribution in [0, 0.1) is 0 Å². The Kier molecular flexibility index (Phi) is 14.2. The van der Waals surface area contributed by atoms with Crippen molar-refractivity contribution < 1.29 is 10.0 Å². The van der Waals surface area contributed by atoms with Crippen molar-refractivity contribution >= 4 is 82.3 Å². The van der Waals surface area contributed by atoms with Gasteiger partial charge in [0.25, 0.3) is 0 Å². The molecule has 1 unspecified atom stereocenters. The maximum atomic E-state index is 8.71. The zero-order chi connectivity index (χ0) is 39.4. The highest BCUT2D eigenvalue weighted by atomic mass is 35.5. The molecule has 0 spiro atoms. The average Bonchev–Trinajstić information content (AvgIpc) is 3.21. The maximum absolute atomic E-state index is 8.71. The summed E-state index contributed by atoms with van der Waals surface area (Å²) in [5.41, 5.74) is 4.98. The van der Waals surface area contributed by atoms with E-state index in [9.17, 15) is 0 Å². The minimum Gasteiger partial charge on any atom is -0.423 e. The molecule has 0 saturated carbocycles. The van der Waals surface area contributed by atoms with Gasteiger partial charge in [-0.25, -0.2) is 15.0 Å². The second-order valence-corrected chi connectivity index (χ2v) is 14.0. The van der Waals surface area contributed by atoms with Crippen molar-refractivity contribution in [1.29, 1.82) is 0 Å². The van der Waals surface area contributed by atoms with Gasteiger partial charge in [-0.1, -0.05) is 168 Å². The van der Waals surface area contributed by atoms with E-state index in [0.717, 1.165) is 33.7 Å². The van der Waals surface area contributed by atoms with Crippen molar-refractivity contribution in [1.82, 2.24) is 20.3 Å². The lowest BCUT2D eigenvalue weighted by molar-refractivity contribution is 0.426. The van der Waals surface area contributed by atoms with E-state index in [0.29, 0.717) is 43.0 Å². The predicted octanol–water partition coefficient (Wildman–Crippen LogP) is 10.0. The normalized spacial score (nSPS) is 13.1. The molecule has 7 aromatic rings. The van der Waals surface area contributed by atoms with Gasteiger partial charge in [-0.15, -0.1) is 0 Å². The van der Waals surface area contributed by atoms with Gasteiger partial charge in [-0.2, -0.15) is 9.97 Å². The number of halogens is 5. The number of amidine groups is 2. The van der Waals surface area contributed by atoms with Crippen molar-refractivity contribution in [2.24, 2.45) is 9.98 Å². The molecule has 14 heteroatoms. The van der Waals surface area contributed by atoms with Crippen LogP contribution in [0.5, 0.6) is 0 Å². The summed E-state index contributed by atoms with van der Waals surface area (Å²) in [7, 11) is -1.52. The molecule has 8 rings (SSSR count). The zero-order valence-electron chi connectivity index (χ0n) is 29.2. The van der Waals surface area contributed by atoms with Crippen LogP contribution in [0.25, 0.3) is 22.8 Å². The molecule has 0 radical (unpaired) electrons. The molecule has 3 N–H and O–H groups in total. The molecule has 8 nitrogen and oxygen atoms in total. The largest absolute Gasteiger partial charge is 0.488 e. The summed E-state index contributed by atoms with van der Waals surface area (Å²) in [5.74, 6) is 2.62. The van der Waals surface area contributed by atoms with Gasteiger partial charge in [-0.05, 0) is 59.0 Å². The number of rotatable bonds is 6. The van der Waals surface area contributed by atoms with Crippen molar-refractivity contribution in [3.8, 4) is 22.8 Å². The van der Waals surface area contributed by atoms with E-state index >= 15 is 0 Å². The van der Waals surface area contributed by atoms with Crippen LogP contribution in [-0.4, -0.2) is 43.8 Å². The quantitative estimate of drug-likeness (QED) is 0.144. The number of nitrogens with one attached hydrogen (secondary N) is 1. The summed E-state index contributed by atoms with van der Waals surface area (Å²) in [5, 5.41) is 22.9. The van der Waals surface area contributed by atoms with Gasteiger partial charge in [0.1, 0.15) is 11.7 Å². The number of hydrogen-bond acceptors (Lipinski definition) is 8. The summed E-state index contributed by atoms with van der Waals surface area (Å²) in [4.78, 5) is 22.4. The van der Waals surface area contributed by atoms with Gasteiger partial charge in [0, 0.05) is 42.3 Å². The third-order valence-electron chi connectivity index (χ3n) is 7.88. The molecule has 0 amide bonds. The molecule has 56 heavy (non-hydrogen) atoms. The fraction of sp³-hybridized carbons (Fsp3) is 0.0238. The van der Waals surface area contributed by atoms with Crippen LogP contribution in [0.3, 0.4) is 0 Å². The lowest BCUT2D eigenvalue weighted by Gasteiger charge is -2.22. The Morgan fingerprint density at radius 1 is 0.446 bits per heavy atom. The van der Waals surface area contributed by atoms with Crippen LogP contribution in [0.4, 0.5) is 0 Å². The highest BCUT2D eigenvalue weighted by Gasteiger charge is 2.21. The average molecular weight is 839 g/mol. The third kappa shape index (κ3) is 11.5. The molecule has 278 valence electrons. The Balaban J connectivity index is 0.000000155. The van der Waals surface area contributed by atoms with Crippen molar-refractivity contribution in [3.63, 3.8) is 0 Å². The Morgan fingerprint density at radius 3 is 1.29 bits per heavy atom. The molecule has 2 heterocycles. The van der Waals surface area contributed by atoms with Crippen molar-refractivity contribution in [2.45, 2.75) is 6.17 Å². The first-order chi connectivity index (χ1) is 27.1. The van der Waals surface area contributed by atoms with Gasteiger partial charge in [0.15, 0.2) is 17.8 Å². The number of benzene rings is 6. The summed E-state index contributed by atoms with van der Waals surface area (Å²) in [6.07, 6.45) is -0.333. The Bertz CT molecular complexity index is 2350. The molecule has 1 aliphatic rings. The van der Waals surface area contributed by atoms with E-state index < -0.39 is 7.12 Å². The number of aromatic nitrogens is 3. The second-order valence-electron chi connectivity index (χ2n) is 11.9. The summed E-state index contributed by atoms with van der Waals surface area (Å²) < 4.78 is 0. The van der Waals surface area contributed by atoms with Gasteiger partial charge in [-0.3, -0.25) is 0 Å². The van der Waals surface area contributed by atoms with Gasteiger partial charge in [0.2, 0.25) is 5.28 Å². The summed E-state index contributed by atoms with van der Waals surface area (Å²) >= 11 is 29.5. The van der Waals surface area contributed by atoms with E-state index in [1.165, 1.54) is 18.2 Å². The fourth-order valence-electron chi connectivity index (χ4n) is 5.31. The van der Waals surface area contributed by atoms with E-state index in [2.05, 4.69) is 20.3 Å². The number of aliphatic imine (C=N–C) groups is 2. The van der Waals surface area contributed by atoms with Crippen molar-refractivity contribution in [3.05, 3.63) is 200 Å². The standard InChI is InChI=1S/C21H15Cl2N3.C15H10ClN3.C6H5BCl2O2/c22-17-11-16(12-18(23)13-17)21-25-19(14-7-3-1-4-8-14)24-20(26-21)15-9-5-2-6-10-15;16-15-18-13(11-7-3-1-4-8-11)17-14(19-15)12-9-5-2-6-10-12;8-5-1-4(7(10)11)2-6(9)3-5/h1-13,19H,(H,24,25,26);1-10H;1-3,10-11H. The minimum atomic E-state index is -1.52. The topological polar surface area (TPSA) is 116 Å². The van der Waals surface area contributed by atoms with Crippen LogP contribution >= 0.6 is 58.0 Å². The molecule has 0 saturated heterocycles.